The Hall–Kier alpha value is -1.53. The standard InChI is InChI=1S/C18H21N6.3ClH.Zn/c1-22(13-15-7-5-4-6-8-15)17-11-9-16(10-12-17)20-21-18-23(2)14-19-24(18)3;;;;/h4-12,14H,13H2,1-3H3;3*1H;/q+1;;;;+2/p-3. The van der Waals surface area contributed by atoms with E-state index in [9.17, 15) is 0 Å². The first-order valence-electron chi connectivity index (χ1n) is 7.78. The van der Waals surface area contributed by atoms with E-state index in [1.807, 2.05) is 36.9 Å². The van der Waals surface area contributed by atoms with Crippen molar-refractivity contribution in [3.05, 3.63) is 66.5 Å². The summed E-state index contributed by atoms with van der Waals surface area (Å²) in [5.74, 6) is 0.695. The molecule has 0 N–H and O–H groups in total. The number of hydrogen-bond acceptors (Lipinski definition) is 4. The summed E-state index contributed by atoms with van der Waals surface area (Å²) in [6.45, 7) is 0.868. The summed E-state index contributed by atoms with van der Waals surface area (Å²) in [6, 6.07) is 18.5. The number of nitrogens with zero attached hydrogens (tertiary/aromatic N) is 6. The Morgan fingerprint density at radius 1 is 0.964 bits per heavy atom. The summed E-state index contributed by atoms with van der Waals surface area (Å²) in [5.41, 5.74) is 3.24. The molecule has 0 saturated carbocycles. The van der Waals surface area contributed by atoms with Gasteiger partial charge in [0.2, 0.25) is 6.33 Å². The van der Waals surface area contributed by atoms with Gasteiger partial charge in [-0.25, -0.2) is 4.57 Å². The molecular formula is C18H21Cl3N6Zn. The Kier molecular flexibility index (Phi) is 13.9. The van der Waals surface area contributed by atoms with Gasteiger partial charge in [0.05, 0.1) is 19.8 Å². The zero-order chi connectivity index (χ0) is 16.9. The maximum Gasteiger partial charge on any atom is 2.00 e. The van der Waals surface area contributed by atoms with Gasteiger partial charge in [-0.3, -0.25) is 0 Å². The molecule has 3 aromatic rings. The van der Waals surface area contributed by atoms with Gasteiger partial charge in [0.15, 0.2) is 0 Å². The molecule has 0 bridgehead atoms. The Morgan fingerprint density at radius 3 is 2.11 bits per heavy atom. The Morgan fingerprint density at radius 2 is 1.57 bits per heavy atom. The second-order valence-electron chi connectivity index (χ2n) is 5.72. The number of hydrogen-bond donors (Lipinski definition) is 0. The molecule has 0 saturated heterocycles. The van der Waals surface area contributed by atoms with Gasteiger partial charge in [-0.05, 0) is 34.9 Å². The molecule has 0 aliphatic heterocycles. The van der Waals surface area contributed by atoms with Crippen molar-refractivity contribution in [2.45, 2.75) is 6.54 Å². The summed E-state index contributed by atoms with van der Waals surface area (Å²) in [5, 5.41) is 12.7. The fourth-order valence-electron chi connectivity index (χ4n) is 2.45. The van der Waals surface area contributed by atoms with Crippen LogP contribution in [0, 0.1) is 0 Å². The molecule has 146 valence electrons. The third-order valence-corrected chi connectivity index (χ3v) is 3.81. The molecule has 1 heterocycles. The van der Waals surface area contributed by atoms with E-state index in [1.54, 1.807) is 11.0 Å². The van der Waals surface area contributed by atoms with Gasteiger partial charge in [-0.15, -0.1) is 4.68 Å². The molecule has 3 rings (SSSR count). The minimum Gasteiger partial charge on any atom is -1.00 e. The molecule has 0 fully saturated rings. The van der Waals surface area contributed by atoms with Gasteiger partial charge < -0.3 is 42.1 Å². The van der Waals surface area contributed by atoms with Gasteiger partial charge in [-0.2, -0.15) is 0 Å². The molecule has 6 nitrogen and oxygen atoms in total. The summed E-state index contributed by atoms with van der Waals surface area (Å²) in [7, 11) is 5.82. The van der Waals surface area contributed by atoms with Crippen molar-refractivity contribution in [2.75, 3.05) is 11.9 Å². The van der Waals surface area contributed by atoms with E-state index in [1.165, 1.54) is 5.56 Å². The second-order valence-corrected chi connectivity index (χ2v) is 5.72. The van der Waals surface area contributed by atoms with Gasteiger partial charge >= 0.3 is 25.4 Å². The van der Waals surface area contributed by atoms with Crippen molar-refractivity contribution in [1.82, 2.24) is 9.78 Å². The number of halogens is 3. The monoisotopic (exact) mass is 490 g/mol. The number of aromatic nitrogens is 3. The normalized spacial score (nSPS) is 9.54. The van der Waals surface area contributed by atoms with E-state index in [0.717, 1.165) is 17.9 Å². The number of benzene rings is 2. The molecule has 0 atom stereocenters. The van der Waals surface area contributed by atoms with Crippen LogP contribution in [0.3, 0.4) is 0 Å². The molecule has 2 aromatic carbocycles. The molecule has 0 spiro atoms. The summed E-state index contributed by atoms with van der Waals surface area (Å²) in [6.07, 6.45) is 1.70. The van der Waals surface area contributed by atoms with Crippen LogP contribution >= 0.6 is 0 Å². The zero-order valence-electron chi connectivity index (χ0n) is 16.0. The van der Waals surface area contributed by atoms with E-state index < -0.39 is 0 Å². The Labute approximate surface area is 197 Å². The van der Waals surface area contributed by atoms with E-state index in [4.69, 9.17) is 0 Å². The van der Waals surface area contributed by atoms with E-state index >= 15 is 0 Å². The van der Waals surface area contributed by atoms with Gasteiger partial charge in [0.1, 0.15) is 0 Å². The van der Waals surface area contributed by atoms with Crippen molar-refractivity contribution in [3.63, 3.8) is 0 Å². The van der Waals surface area contributed by atoms with Gasteiger partial charge in [0, 0.05) is 24.4 Å². The molecule has 28 heavy (non-hydrogen) atoms. The van der Waals surface area contributed by atoms with Crippen LogP contribution in [-0.2, 0) is 40.1 Å². The van der Waals surface area contributed by atoms with Crippen molar-refractivity contribution in [3.8, 4) is 0 Å². The SMILES string of the molecule is CN(Cc1ccccc1)c1ccc(N=Nc2n(C)nc[n+]2C)cc1.[Cl-].[Cl-].[Cl-].[Zn+2]. The van der Waals surface area contributed by atoms with Crippen molar-refractivity contribution in [1.29, 1.82) is 0 Å². The summed E-state index contributed by atoms with van der Waals surface area (Å²) in [4.78, 5) is 2.21. The molecule has 0 amide bonds. The van der Waals surface area contributed by atoms with Crippen LogP contribution in [0.5, 0.6) is 0 Å². The van der Waals surface area contributed by atoms with Crippen molar-refractivity contribution < 1.29 is 61.3 Å². The van der Waals surface area contributed by atoms with Gasteiger partial charge in [0.25, 0.3) is 0 Å². The average Bonchev–Trinajstić information content (AvgIpc) is 2.92. The summed E-state index contributed by atoms with van der Waals surface area (Å²) >= 11 is 0. The maximum absolute atomic E-state index is 4.28. The zero-order valence-corrected chi connectivity index (χ0v) is 21.2. The fourth-order valence-corrected chi connectivity index (χ4v) is 2.45. The number of rotatable bonds is 5. The first kappa shape index (κ1) is 28.7. The average molecular weight is 493 g/mol. The number of azo groups is 1. The van der Waals surface area contributed by atoms with E-state index in [-0.39, 0.29) is 56.7 Å². The van der Waals surface area contributed by atoms with E-state index in [2.05, 4.69) is 63.7 Å². The van der Waals surface area contributed by atoms with E-state index in [0.29, 0.717) is 5.95 Å². The summed E-state index contributed by atoms with van der Waals surface area (Å²) < 4.78 is 3.51. The second kappa shape index (κ2) is 13.6. The van der Waals surface area contributed by atoms with Gasteiger partial charge in [-0.1, -0.05) is 35.4 Å². The largest absolute Gasteiger partial charge is 2.00 e. The molecular weight excluding hydrogens is 472 g/mol. The molecule has 0 radical (unpaired) electrons. The topological polar surface area (TPSA) is 49.7 Å². The Bertz CT molecular complexity index is 821. The predicted molar refractivity (Wildman–Crippen MR) is 93.6 cm³/mol. The first-order valence-corrected chi connectivity index (χ1v) is 7.78. The van der Waals surface area contributed by atoms with Crippen LogP contribution in [0.2, 0.25) is 0 Å². The quantitative estimate of drug-likeness (QED) is 0.202. The van der Waals surface area contributed by atoms with Crippen LogP contribution in [0.15, 0.2) is 71.2 Å². The minimum atomic E-state index is 0. The molecule has 1 aromatic heterocycles. The molecule has 10 heteroatoms. The van der Waals surface area contributed by atoms with Crippen LogP contribution in [0.25, 0.3) is 0 Å². The number of anilines is 1. The Balaban J connectivity index is 0. The molecule has 0 aliphatic rings. The minimum absolute atomic E-state index is 0. The maximum atomic E-state index is 4.28. The van der Waals surface area contributed by atoms with Crippen molar-refractivity contribution >= 4 is 17.3 Å². The molecule has 0 unspecified atom stereocenters. The first-order chi connectivity index (χ1) is 11.6. The van der Waals surface area contributed by atoms with Crippen LogP contribution in [0.4, 0.5) is 17.3 Å². The fraction of sp³-hybridized carbons (Fsp3) is 0.222. The van der Waals surface area contributed by atoms with Crippen LogP contribution in [-0.4, -0.2) is 16.8 Å². The van der Waals surface area contributed by atoms with Crippen molar-refractivity contribution in [2.24, 2.45) is 24.3 Å². The van der Waals surface area contributed by atoms with Crippen LogP contribution in [0.1, 0.15) is 5.56 Å². The number of aryl methyl sites for hydroxylation is 2. The third kappa shape index (κ3) is 7.48. The smallest absolute Gasteiger partial charge is 1.00 e. The molecule has 0 aliphatic carbocycles. The third-order valence-electron chi connectivity index (χ3n) is 3.81. The predicted octanol–water partition coefficient (Wildman–Crippen LogP) is -5.69. The van der Waals surface area contributed by atoms with Crippen LogP contribution < -0.4 is 46.7 Å².